The van der Waals surface area contributed by atoms with Crippen molar-refractivity contribution < 1.29 is 0 Å². The molecular weight excluding hydrogens is 414 g/mol. The minimum absolute atomic E-state index is 0.753. The fraction of sp³-hybridized carbons (Fsp3) is 0.179. The Kier molecular flexibility index (Phi) is 5.36. The molecule has 0 saturated carbocycles. The van der Waals surface area contributed by atoms with E-state index in [0.29, 0.717) is 0 Å². The Balaban J connectivity index is 1.66. The summed E-state index contributed by atoms with van der Waals surface area (Å²) in [5.41, 5.74) is 8.95. The van der Waals surface area contributed by atoms with Gasteiger partial charge in [0, 0.05) is 34.4 Å². The lowest BCUT2D eigenvalue weighted by Crippen LogP contribution is -2.02. The van der Waals surface area contributed by atoms with Gasteiger partial charge in [-0.3, -0.25) is 0 Å². The number of rotatable bonds is 6. The van der Waals surface area contributed by atoms with Crippen LogP contribution in [0.1, 0.15) is 36.6 Å². The summed E-state index contributed by atoms with van der Waals surface area (Å²) >= 11 is 6.11. The molecule has 3 nitrogen and oxygen atoms in total. The van der Waals surface area contributed by atoms with Gasteiger partial charge in [-0.25, -0.2) is 4.98 Å². The molecule has 32 heavy (non-hydrogen) atoms. The van der Waals surface area contributed by atoms with E-state index in [1.54, 1.807) is 0 Å². The van der Waals surface area contributed by atoms with Gasteiger partial charge in [-0.2, -0.15) is 0 Å². The highest BCUT2D eigenvalue weighted by Gasteiger charge is 2.18. The van der Waals surface area contributed by atoms with Crippen LogP contribution >= 0.6 is 11.6 Å². The molecular formula is C28H26ClN3. The first-order chi connectivity index (χ1) is 15.5. The first kappa shape index (κ1) is 20.6. The second kappa shape index (κ2) is 8.33. The molecule has 5 aromatic rings. The summed E-state index contributed by atoms with van der Waals surface area (Å²) in [6, 6.07) is 23.1. The number of para-hydroxylation sites is 1. The molecule has 0 fully saturated rings. The second-order valence-corrected chi connectivity index (χ2v) is 8.78. The molecule has 160 valence electrons. The van der Waals surface area contributed by atoms with Gasteiger partial charge in [0.15, 0.2) is 0 Å². The van der Waals surface area contributed by atoms with Crippen molar-refractivity contribution >= 4 is 33.7 Å². The highest BCUT2D eigenvalue weighted by molar-refractivity contribution is 6.30. The molecule has 0 saturated heterocycles. The van der Waals surface area contributed by atoms with Crippen LogP contribution in [0.5, 0.6) is 0 Å². The maximum atomic E-state index is 6.11. The number of nitrogens with zero attached hydrogens (tertiary/aromatic N) is 3. The summed E-state index contributed by atoms with van der Waals surface area (Å²) in [6.07, 6.45) is 4.20. The normalized spacial score (nSPS) is 11.5. The lowest BCUT2D eigenvalue weighted by molar-refractivity contribution is 0.841. The van der Waals surface area contributed by atoms with Gasteiger partial charge in [0.1, 0.15) is 11.3 Å². The van der Waals surface area contributed by atoms with E-state index in [4.69, 9.17) is 16.6 Å². The van der Waals surface area contributed by atoms with Crippen LogP contribution in [0.4, 0.5) is 0 Å². The van der Waals surface area contributed by atoms with Crippen molar-refractivity contribution in [3.63, 3.8) is 0 Å². The van der Waals surface area contributed by atoms with Crippen LogP contribution in [0.25, 0.3) is 33.5 Å². The number of imidazole rings is 1. The number of benzene rings is 2. The number of hydrogen-bond donors (Lipinski definition) is 0. The number of pyridine rings is 1. The van der Waals surface area contributed by atoms with Gasteiger partial charge in [0.05, 0.1) is 5.69 Å². The van der Waals surface area contributed by atoms with Crippen LogP contribution in [0.3, 0.4) is 0 Å². The molecule has 0 amide bonds. The molecule has 0 aliphatic rings. The summed E-state index contributed by atoms with van der Waals surface area (Å²) in [4.78, 5) is 5.08. The Morgan fingerprint density at radius 2 is 1.81 bits per heavy atom. The standard InChI is InChI=1S/C28H26ClN3/c1-4-7-19(2)22-14-15-31-20(3)28(30-27(31)17-22)26-16-23-8-5-6-9-25(23)32(26)18-21-10-12-24(29)13-11-21/h5-6,8-17H,2,4,7,18H2,1,3H3. The lowest BCUT2D eigenvalue weighted by atomic mass is 10.0. The monoisotopic (exact) mass is 439 g/mol. The van der Waals surface area contributed by atoms with E-state index in [9.17, 15) is 0 Å². The van der Waals surface area contributed by atoms with E-state index in [1.807, 2.05) is 12.1 Å². The molecule has 5 rings (SSSR count). The van der Waals surface area contributed by atoms with Crippen LogP contribution in [0.15, 0.2) is 79.5 Å². The summed E-state index contributed by atoms with van der Waals surface area (Å²) in [7, 11) is 0. The fourth-order valence-corrected chi connectivity index (χ4v) is 4.55. The van der Waals surface area contributed by atoms with Crippen molar-refractivity contribution in [2.45, 2.75) is 33.2 Å². The minimum Gasteiger partial charge on any atom is -0.335 e. The number of allylic oxidation sites excluding steroid dienone is 1. The van der Waals surface area contributed by atoms with Gasteiger partial charge in [0.2, 0.25) is 0 Å². The van der Waals surface area contributed by atoms with Gasteiger partial charge in [-0.05, 0) is 66.4 Å². The van der Waals surface area contributed by atoms with E-state index in [0.717, 1.165) is 58.3 Å². The quantitative estimate of drug-likeness (QED) is 0.265. The summed E-state index contributed by atoms with van der Waals surface area (Å²) < 4.78 is 4.52. The van der Waals surface area contributed by atoms with Gasteiger partial charge < -0.3 is 8.97 Å². The lowest BCUT2D eigenvalue weighted by Gasteiger charge is -2.11. The van der Waals surface area contributed by atoms with Crippen LogP contribution < -0.4 is 0 Å². The Hall–Kier alpha value is -3.30. The molecule has 4 heteroatoms. The molecule has 2 aromatic carbocycles. The molecule has 0 aliphatic carbocycles. The van der Waals surface area contributed by atoms with E-state index >= 15 is 0 Å². The Morgan fingerprint density at radius 3 is 2.59 bits per heavy atom. The van der Waals surface area contributed by atoms with Crippen molar-refractivity contribution in [3.05, 3.63) is 101 Å². The smallest absolute Gasteiger partial charge is 0.138 e. The third-order valence-corrected chi connectivity index (χ3v) is 6.38. The molecule has 0 atom stereocenters. The first-order valence-electron chi connectivity index (χ1n) is 11.0. The summed E-state index contributed by atoms with van der Waals surface area (Å²) in [6.45, 7) is 9.33. The zero-order valence-electron chi connectivity index (χ0n) is 18.5. The molecule has 0 N–H and O–H groups in total. The maximum absolute atomic E-state index is 6.11. The number of hydrogen-bond acceptors (Lipinski definition) is 1. The zero-order chi connectivity index (χ0) is 22.2. The first-order valence-corrected chi connectivity index (χ1v) is 11.4. The number of fused-ring (bicyclic) bond motifs is 2. The highest BCUT2D eigenvalue weighted by atomic mass is 35.5. The van der Waals surface area contributed by atoms with Gasteiger partial charge in [0.25, 0.3) is 0 Å². The van der Waals surface area contributed by atoms with E-state index < -0.39 is 0 Å². The molecule has 0 unspecified atom stereocenters. The van der Waals surface area contributed by atoms with Crippen LogP contribution in [0, 0.1) is 6.92 Å². The zero-order valence-corrected chi connectivity index (χ0v) is 19.2. The molecule has 0 bridgehead atoms. The third-order valence-electron chi connectivity index (χ3n) is 6.13. The van der Waals surface area contributed by atoms with Crippen molar-refractivity contribution in [3.8, 4) is 11.4 Å². The predicted molar refractivity (Wildman–Crippen MR) is 135 cm³/mol. The Morgan fingerprint density at radius 1 is 1.03 bits per heavy atom. The van der Waals surface area contributed by atoms with Crippen LogP contribution in [0.2, 0.25) is 5.02 Å². The van der Waals surface area contributed by atoms with Crippen molar-refractivity contribution in [1.82, 2.24) is 14.0 Å². The largest absolute Gasteiger partial charge is 0.335 e. The molecule has 3 heterocycles. The maximum Gasteiger partial charge on any atom is 0.138 e. The summed E-state index contributed by atoms with van der Waals surface area (Å²) in [5.74, 6) is 0. The molecule has 0 spiro atoms. The molecule has 0 radical (unpaired) electrons. The highest BCUT2D eigenvalue weighted by Crippen LogP contribution is 2.32. The van der Waals surface area contributed by atoms with E-state index in [2.05, 4.69) is 90.2 Å². The van der Waals surface area contributed by atoms with Gasteiger partial charge >= 0.3 is 0 Å². The molecule has 0 aliphatic heterocycles. The van der Waals surface area contributed by atoms with Crippen LogP contribution in [-0.4, -0.2) is 14.0 Å². The average Bonchev–Trinajstić information content (AvgIpc) is 3.32. The molecule has 3 aromatic heterocycles. The van der Waals surface area contributed by atoms with E-state index in [1.165, 1.54) is 16.5 Å². The minimum atomic E-state index is 0.753. The third kappa shape index (κ3) is 3.63. The Labute approximate surface area is 193 Å². The number of aryl methyl sites for hydroxylation is 1. The summed E-state index contributed by atoms with van der Waals surface area (Å²) in [5, 5.41) is 1.97. The van der Waals surface area contributed by atoms with Gasteiger partial charge in [-0.1, -0.05) is 61.9 Å². The average molecular weight is 440 g/mol. The van der Waals surface area contributed by atoms with Crippen molar-refractivity contribution in [2.24, 2.45) is 0 Å². The number of aromatic nitrogens is 3. The topological polar surface area (TPSA) is 22.2 Å². The second-order valence-electron chi connectivity index (χ2n) is 8.34. The SMILES string of the molecule is C=C(CCC)c1ccn2c(C)c(-c3cc4ccccc4n3Cc3ccc(Cl)cc3)nc2c1. The number of halogens is 1. The predicted octanol–water partition coefficient (Wildman–Crippen LogP) is 7.78. The van der Waals surface area contributed by atoms with Crippen molar-refractivity contribution in [2.75, 3.05) is 0 Å². The fourth-order valence-electron chi connectivity index (χ4n) is 4.43. The van der Waals surface area contributed by atoms with Gasteiger partial charge in [-0.15, -0.1) is 0 Å². The van der Waals surface area contributed by atoms with Crippen molar-refractivity contribution in [1.29, 1.82) is 0 Å². The van der Waals surface area contributed by atoms with Crippen LogP contribution in [-0.2, 0) is 6.54 Å². The van der Waals surface area contributed by atoms with E-state index in [-0.39, 0.29) is 0 Å². The Bertz CT molecular complexity index is 1440.